The number of carbonyl (C=O) groups is 2. The fraction of sp³-hybridized carbons (Fsp3) is 0.556. The zero-order valence-electron chi connectivity index (χ0n) is 13.7. The van der Waals surface area contributed by atoms with Crippen LogP contribution in [0.3, 0.4) is 0 Å². The summed E-state index contributed by atoms with van der Waals surface area (Å²) >= 11 is 0. The largest absolute Gasteiger partial charge is 0.469 e. The van der Waals surface area contributed by atoms with E-state index < -0.39 is 0 Å². The standard InChI is InChI=1S/C18H24O5/c1-21-17(19)15-7-3-13(4-8-15)11-23-12-14-5-9-16(10-6-14)18(20)22-2/h3-4,7-8,14,16H,5-6,9-12H2,1-2H3. The van der Waals surface area contributed by atoms with E-state index in [1.54, 1.807) is 12.1 Å². The second kappa shape index (κ2) is 8.67. The molecule has 0 N–H and O–H groups in total. The molecular formula is C18H24O5. The Bertz CT molecular complexity index is 515. The molecule has 1 fully saturated rings. The summed E-state index contributed by atoms with van der Waals surface area (Å²) in [6.45, 7) is 1.23. The molecule has 1 aromatic carbocycles. The summed E-state index contributed by atoms with van der Waals surface area (Å²) in [4.78, 5) is 22.8. The zero-order chi connectivity index (χ0) is 16.7. The van der Waals surface area contributed by atoms with Gasteiger partial charge in [-0.1, -0.05) is 12.1 Å². The van der Waals surface area contributed by atoms with Crippen LogP contribution >= 0.6 is 0 Å². The minimum Gasteiger partial charge on any atom is -0.469 e. The van der Waals surface area contributed by atoms with Crippen LogP contribution in [0.5, 0.6) is 0 Å². The minimum atomic E-state index is -0.333. The summed E-state index contributed by atoms with van der Waals surface area (Å²) in [5.74, 6) is 0.141. The average molecular weight is 320 g/mol. The molecule has 0 atom stereocenters. The first-order chi connectivity index (χ1) is 11.1. The molecule has 2 rings (SSSR count). The van der Waals surface area contributed by atoms with Gasteiger partial charge in [-0.05, 0) is 49.3 Å². The lowest BCUT2D eigenvalue weighted by Crippen LogP contribution is -2.24. The Balaban J connectivity index is 1.69. The maximum absolute atomic E-state index is 11.5. The number of carbonyl (C=O) groups excluding carboxylic acids is 2. The third-order valence-corrected chi connectivity index (χ3v) is 4.38. The van der Waals surface area contributed by atoms with Gasteiger partial charge in [0, 0.05) is 6.61 Å². The van der Waals surface area contributed by atoms with Crippen molar-refractivity contribution in [3.05, 3.63) is 35.4 Å². The molecule has 0 unspecified atom stereocenters. The Hall–Kier alpha value is -1.88. The van der Waals surface area contributed by atoms with Gasteiger partial charge in [0.1, 0.15) is 0 Å². The highest BCUT2D eigenvalue weighted by atomic mass is 16.5. The Kier molecular flexibility index (Phi) is 6.59. The second-order valence-corrected chi connectivity index (χ2v) is 5.94. The highest BCUT2D eigenvalue weighted by Crippen LogP contribution is 2.29. The van der Waals surface area contributed by atoms with Crippen molar-refractivity contribution in [1.29, 1.82) is 0 Å². The molecule has 5 heteroatoms. The molecule has 0 saturated heterocycles. The van der Waals surface area contributed by atoms with E-state index in [0.29, 0.717) is 24.7 Å². The molecule has 126 valence electrons. The van der Waals surface area contributed by atoms with E-state index in [9.17, 15) is 9.59 Å². The maximum Gasteiger partial charge on any atom is 0.337 e. The molecule has 1 saturated carbocycles. The predicted octanol–water partition coefficient (Wildman–Crippen LogP) is 2.97. The average Bonchev–Trinajstić information content (AvgIpc) is 2.61. The number of hydrogen-bond acceptors (Lipinski definition) is 5. The third-order valence-electron chi connectivity index (χ3n) is 4.38. The third kappa shape index (κ3) is 5.06. The van der Waals surface area contributed by atoms with Crippen LogP contribution in [0.25, 0.3) is 0 Å². The van der Waals surface area contributed by atoms with Gasteiger partial charge in [-0.25, -0.2) is 4.79 Å². The summed E-state index contributed by atoms with van der Waals surface area (Å²) in [5, 5.41) is 0. The molecular weight excluding hydrogens is 296 g/mol. The monoisotopic (exact) mass is 320 g/mol. The van der Waals surface area contributed by atoms with Gasteiger partial charge in [-0.15, -0.1) is 0 Å². The molecule has 0 bridgehead atoms. The summed E-state index contributed by atoms with van der Waals surface area (Å²) in [6.07, 6.45) is 3.77. The number of rotatable bonds is 6. The van der Waals surface area contributed by atoms with Crippen LogP contribution in [0.15, 0.2) is 24.3 Å². The van der Waals surface area contributed by atoms with Gasteiger partial charge in [-0.2, -0.15) is 0 Å². The first-order valence-electron chi connectivity index (χ1n) is 7.97. The highest BCUT2D eigenvalue weighted by molar-refractivity contribution is 5.89. The smallest absolute Gasteiger partial charge is 0.337 e. The van der Waals surface area contributed by atoms with Crippen molar-refractivity contribution in [1.82, 2.24) is 0 Å². The zero-order valence-corrected chi connectivity index (χ0v) is 13.7. The molecule has 0 heterocycles. The lowest BCUT2D eigenvalue weighted by molar-refractivity contribution is -0.147. The second-order valence-electron chi connectivity index (χ2n) is 5.94. The van der Waals surface area contributed by atoms with Crippen LogP contribution in [0.1, 0.15) is 41.6 Å². The fourth-order valence-electron chi connectivity index (χ4n) is 2.93. The van der Waals surface area contributed by atoms with Crippen LogP contribution in [-0.4, -0.2) is 32.8 Å². The van der Waals surface area contributed by atoms with E-state index in [0.717, 1.165) is 31.2 Å². The lowest BCUT2D eigenvalue weighted by atomic mass is 9.82. The van der Waals surface area contributed by atoms with Crippen molar-refractivity contribution in [3.63, 3.8) is 0 Å². The van der Waals surface area contributed by atoms with Crippen LogP contribution in [-0.2, 0) is 25.6 Å². The lowest BCUT2D eigenvalue weighted by Gasteiger charge is -2.26. The van der Waals surface area contributed by atoms with Gasteiger partial charge in [-0.3, -0.25) is 4.79 Å². The van der Waals surface area contributed by atoms with Gasteiger partial charge in [0.25, 0.3) is 0 Å². The van der Waals surface area contributed by atoms with Crippen LogP contribution < -0.4 is 0 Å². The van der Waals surface area contributed by atoms with E-state index in [1.807, 2.05) is 12.1 Å². The Labute approximate surface area is 136 Å². The molecule has 1 aromatic rings. The molecule has 23 heavy (non-hydrogen) atoms. The van der Waals surface area contributed by atoms with Gasteiger partial charge in [0.05, 0.1) is 32.3 Å². The number of esters is 2. The number of ether oxygens (including phenoxy) is 3. The molecule has 5 nitrogen and oxygen atoms in total. The number of methoxy groups -OCH3 is 2. The van der Waals surface area contributed by atoms with Gasteiger partial charge < -0.3 is 14.2 Å². The highest BCUT2D eigenvalue weighted by Gasteiger charge is 2.26. The van der Waals surface area contributed by atoms with E-state index in [4.69, 9.17) is 9.47 Å². The van der Waals surface area contributed by atoms with Crippen molar-refractivity contribution >= 4 is 11.9 Å². The van der Waals surface area contributed by atoms with E-state index in [2.05, 4.69) is 4.74 Å². The molecule has 0 spiro atoms. The van der Waals surface area contributed by atoms with Crippen molar-refractivity contribution in [2.24, 2.45) is 11.8 Å². The van der Waals surface area contributed by atoms with Crippen LogP contribution in [0.2, 0.25) is 0 Å². The van der Waals surface area contributed by atoms with Crippen LogP contribution in [0.4, 0.5) is 0 Å². The molecule has 0 aromatic heterocycles. The van der Waals surface area contributed by atoms with Gasteiger partial charge in [0.2, 0.25) is 0 Å². The molecule has 0 amide bonds. The summed E-state index contributed by atoms with van der Waals surface area (Å²) in [5.41, 5.74) is 1.57. The Morgan fingerprint density at radius 1 is 1.00 bits per heavy atom. The van der Waals surface area contributed by atoms with Crippen molar-refractivity contribution in [3.8, 4) is 0 Å². The van der Waals surface area contributed by atoms with E-state index in [-0.39, 0.29) is 17.9 Å². The first kappa shape index (κ1) is 17.5. The molecule has 1 aliphatic rings. The fourth-order valence-corrected chi connectivity index (χ4v) is 2.93. The van der Waals surface area contributed by atoms with Crippen LogP contribution in [0, 0.1) is 11.8 Å². The first-order valence-corrected chi connectivity index (χ1v) is 7.97. The SMILES string of the molecule is COC(=O)c1ccc(COCC2CCC(C(=O)OC)CC2)cc1. The normalized spacial score (nSPS) is 20.8. The summed E-state index contributed by atoms with van der Waals surface area (Å²) in [7, 11) is 2.82. The Morgan fingerprint density at radius 3 is 2.22 bits per heavy atom. The van der Waals surface area contributed by atoms with E-state index in [1.165, 1.54) is 14.2 Å². The van der Waals surface area contributed by atoms with Crippen molar-refractivity contribution in [2.45, 2.75) is 32.3 Å². The minimum absolute atomic E-state index is 0.0575. The quantitative estimate of drug-likeness (QED) is 0.754. The molecule has 1 aliphatic carbocycles. The number of benzene rings is 1. The summed E-state index contributed by atoms with van der Waals surface area (Å²) in [6, 6.07) is 7.24. The Morgan fingerprint density at radius 2 is 1.65 bits per heavy atom. The van der Waals surface area contributed by atoms with E-state index >= 15 is 0 Å². The molecule has 0 aliphatic heterocycles. The number of hydrogen-bond donors (Lipinski definition) is 0. The van der Waals surface area contributed by atoms with Crippen molar-refractivity contribution in [2.75, 3.05) is 20.8 Å². The van der Waals surface area contributed by atoms with Gasteiger partial charge in [0.15, 0.2) is 0 Å². The van der Waals surface area contributed by atoms with Crippen molar-refractivity contribution < 1.29 is 23.8 Å². The maximum atomic E-state index is 11.5. The predicted molar refractivity (Wildman–Crippen MR) is 84.9 cm³/mol. The summed E-state index contributed by atoms with van der Waals surface area (Å²) < 4.78 is 15.2. The van der Waals surface area contributed by atoms with Gasteiger partial charge >= 0.3 is 11.9 Å². The molecule has 0 radical (unpaired) electrons. The topological polar surface area (TPSA) is 61.8 Å².